The second-order valence-electron chi connectivity index (χ2n) is 9.48. The van der Waals surface area contributed by atoms with E-state index < -0.39 is 17.9 Å². The van der Waals surface area contributed by atoms with Gasteiger partial charge in [0.05, 0.1) is 6.61 Å². The Kier molecular flexibility index (Phi) is 10.8. The number of amides is 2. The van der Waals surface area contributed by atoms with Gasteiger partial charge in [0, 0.05) is 50.0 Å². The number of allylic oxidation sites excluding steroid dienone is 4. The molecule has 1 aromatic rings. The lowest BCUT2D eigenvalue weighted by molar-refractivity contribution is -0.134. The van der Waals surface area contributed by atoms with E-state index in [0.717, 1.165) is 42.6 Å². The van der Waals surface area contributed by atoms with E-state index in [9.17, 15) is 9.59 Å². The topological polar surface area (TPSA) is 70.7 Å². The molecule has 1 atom stereocenters. The van der Waals surface area contributed by atoms with Crippen molar-refractivity contribution in [2.45, 2.75) is 39.2 Å². The van der Waals surface area contributed by atoms with E-state index in [2.05, 4.69) is 60.8 Å². The molecule has 1 aliphatic carbocycles. The summed E-state index contributed by atoms with van der Waals surface area (Å²) < 4.78 is 5.88. The summed E-state index contributed by atoms with van der Waals surface area (Å²) in [7, 11) is 4.67. The maximum Gasteiger partial charge on any atom is 0.252 e. The molecule has 0 aliphatic heterocycles. The number of nitrogens with zero attached hydrogens (tertiary/aromatic N) is 1. The van der Waals surface area contributed by atoms with Crippen LogP contribution >= 0.6 is 0 Å². The van der Waals surface area contributed by atoms with Gasteiger partial charge in [-0.3, -0.25) is 9.59 Å². The highest BCUT2D eigenvalue weighted by molar-refractivity contribution is 6.05. The van der Waals surface area contributed by atoms with E-state index in [1.165, 1.54) is 19.7 Å². The molecule has 2 rings (SSSR count). The number of carbonyl (C=O) groups is 2. The standard InChI is InChI=1S/C30H39N3O3/c1-22(2)9-8-20-36-21-30(4)18-16-25(17-19-30)11-10-24-12-14-26(15-13-24)23(3)33(7)27(28(34)31-5)29(35)32-6/h12-18,27H,1,3,8-9,19-21H2,2,4-7H3,(H,31,34)(H,32,35). The quantitative estimate of drug-likeness (QED) is 0.213. The molecule has 2 amide bonds. The molecule has 0 bridgehead atoms. The highest BCUT2D eigenvalue weighted by Crippen LogP contribution is 2.29. The van der Waals surface area contributed by atoms with Gasteiger partial charge in [-0.1, -0.05) is 61.3 Å². The molecule has 2 N–H and O–H groups in total. The van der Waals surface area contributed by atoms with Crippen molar-refractivity contribution in [3.05, 3.63) is 77.9 Å². The molecule has 6 nitrogen and oxygen atoms in total. The lowest BCUT2D eigenvalue weighted by Gasteiger charge is -2.29. The van der Waals surface area contributed by atoms with Gasteiger partial charge in [-0.2, -0.15) is 0 Å². The van der Waals surface area contributed by atoms with E-state index in [0.29, 0.717) is 12.3 Å². The molecular weight excluding hydrogens is 450 g/mol. The van der Waals surface area contributed by atoms with Crippen molar-refractivity contribution in [2.24, 2.45) is 5.41 Å². The van der Waals surface area contributed by atoms with Crippen LogP contribution in [0.1, 0.15) is 44.2 Å². The molecule has 0 spiro atoms. The van der Waals surface area contributed by atoms with Crippen molar-refractivity contribution in [3.63, 3.8) is 0 Å². The highest BCUT2D eigenvalue weighted by Gasteiger charge is 2.30. The lowest BCUT2D eigenvalue weighted by Crippen LogP contribution is -2.52. The number of hydrogen-bond acceptors (Lipinski definition) is 4. The fraction of sp³-hybridized carbons (Fsp3) is 0.400. The zero-order chi connectivity index (χ0) is 26.7. The van der Waals surface area contributed by atoms with Gasteiger partial charge >= 0.3 is 0 Å². The number of benzene rings is 1. The normalized spacial score (nSPS) is 16.4. The Morgan fingerprint density at radius 1 is 1.14 bits per heavy atom. The Morgan fingerprint density at radius 3 is 2.31 bits per heavy atom. The van der Waals surface area contributed by atoms with Crippen molar-refractivity contribution >= 4 is 17.5 Å². The van der Waals surface area contributed by atoms with Gasteiger partial charge < -0.3 is 20.3 Å². The first-order valence-corrected chi connectivity index (χ1v) is 12.2. The van der Waals surface area contributed by atoms with Gasteiger partial charge in [-0.25, -0.2) is 0 Å². The molecule has 1 aliphatic rings. The molecule has 0 fully saturated rings. The Balaban J connectivity index is 1.97. The molecule has 0 saturated carbocycles. The molecular formula is C30H39N3O3. The Labute approximate surface area is 216 Å². The van der Waals surface area contributed by atoms with E-state index in [4.69, 9.17) is 4.74 Å². The summed E-state index contributed by atoms with van der Waals surface area (Å²) in [6, 6.07) is 6.59. The third-order valence-corrected chi connectivity index (χ3v) is 6.15. The first-order valence-electron chi connectivity index (χ1n) is 12.2. The van der Waals surface area contributed by atoms with Crippen molar-refractivity contribution in [1.29, 1.82) is 0 Å². The predicted molar refractivity (Wildman–Crippen MR) is 147 cm³/mol. The van der Waals surface area contributed by atoms with Crippen LogP contribution in [0, 0.1) is 17.3 Å². The highest BCUT2D eigenvalue weighted by atomic mass is 16.5. The average Bonchev–Trinajstić information content (AvgIpc) is 2.87. The molecule has 0 saturated heterocycles. The van der Waals surface area contributed by atoms with Crippen LogP contribution in [0.2, 0.25) is 0 Å². The monoisotopic (exact) mass is 489 g/mol. The van der Waals surface area contributed by atoms with Crippen LogP contribution in [0.15, 0.2) is 66.8 Å². The molecule has 6 heteroatoms. The van der Waals surface area contributed by atoms with Crippen molar-refractivity contribution in [1.82, 2.24) is 15.5 Å². The summed E-state index contributed by atoms with van der Waals surface area (Å²) in [5.41, 5.74) is 4.40. The van der Waals surface area contributed by atoms with E-state index >= 15 is 0 Å². The number of rotatable bonds is 11. The summed E-state index contributed by atoms with van der Waals surface area (Å²) in [6.07, 6.45) is 9.31. The molecule has 0 radical (unpaired) electrons. The van der Waals surface area contributed by atoms with Crippen LogP contribution in [0.4, 0.5) is 0 Å². The predicted octanol–water partition coefficient (Wildman–Crippen LogP) is 4.07. The minimum atomic E-state index is -1.01. The lowest BCUT2D eigenvalue weighted by atomic mass is 9.83. The minimum Gasteiger partial charge on any atom is -0.381 e. The van der Waals surface area contributed by atoms with Crippen LogP contribution < -0.4 is 10.6 Å². The van der Waals surface area contributed by atoms with Crippen molar-refractivity contribution in [2.75, 3.05) is 34.4 Å². The summed E-state index contributed by atoms with van der Waals surface area (Å²) >= 11 is 0. The SMILES string of the molecule is C=C(C)CCCOCC1(C)C=CC(C#Cc2ccc(C(=C)N(C)C(C(=O)NC)C(=O)NC)cc2)=CC1. The fourth-order valence-corrected chi connectivity index (χ4v) is 3.75. The van der Waals surface area contributed by atoms with Gasteiger partial charge in [0.1, 0.15) is 0 Å². The zero-order valence-corrected chi connectivity index (χ0v) is 22.2. The van der Waals surface area contributed by atoms with Gasteiger partial charge in [-0.05, 0) is 43.9 Å². The van der Waals surface area contributed by atoms with E-state index in [1.54, 1.807) is 11.9 Å². The Hall–Kier alpha value is -3.56. The molecule has 192 valence electrons. The van der Waals surface area contributed by atoms with Crippen LogP contribution in [-0.4, -0.2) is 57.1 Å². The second kappa shape index (κ2) is 13.5. The average molecular weight is 490 g/mol. The van der Waals surface area contributed by atoms with Gasteiger partial charge in [0.25, 0.3) is 11.8 Å². The van der Waals surface area contributed by atoms with Gasteiger partial charge in [0.2, 0.25) is 0 Å². The molecule has 36 heavy (non-hydrogen) atoms. The fourth-order valence-electron chi connectivity index (χ4n) is 3.75. The van der Waals surface area contributed by atoms with E-state index in [-0.39, 0.29) is 5.41 Å². The minimum absolute atomic E-state index is 0.0103. The van der Waals surface area contributed by atoms with Crippen molar-refractivity contribution < 1.29 is 14.3 Å². The zero-order valence-electron chi connectivity index (χ0n) is 22.2. The first kappa shape index (κ1) is 28.7. The molecule has 0 heterocycles. The summed E-state index contributed by atoms with van der Waals surface area (Å²) in [4.78, 5) is 26.0. The first-order chi connectivity index (χ1) is 17.1. The number of ether oxygens (including phenoxy) is 1. The summed E-state index contributed by atoms with van der Waals surface area (Å²) in [5.74, 6) is 5.63. The van der Waals surface area contributed by atoms with Crippen LogP contribution in [0.5, 0.6) is 0 Å². The number of hydrogen-bond donors (Lipinski definition) is 2. The van der Waals surface area contributed by atoms with E-state index in [1.807, 2.05) is 31.2 Å². The van der Waals surface area contributed by atoms with Crippen molar-refractivity contribution in [3.8, 4) is 11.8 Å². The number of likely N-dealkylation sites (N-methyl/N-ethyl adjacent to an activating group) is 3. The molecule has 1 aromatic carbocycles. The second-order valence-corrected chi connectivity index (χ2v) is 9.48. The maximum absolute atomic E-state index is 12.2. The smallest absolute Gasteiger partial charge is 0.252 e. The third-order valence-electron chi connectivity index (χ3n) is 6.15. The van der Waals surface area contributed by atoms with Crippen LogP contribution in [-0.2, 0) is 14.3 Å². The van der Waals surface area contributed by atoms with Gasteiger partial charge in [0.15, 0.2) is 6.04 Å². The number of nitrogens with one attached hydrogen (secondary N) is 2. The molecule has 0 aromatic heterocycles. The van der Waals surface area contributed by atoms with Gasteiger partial charge in [-0.15, -0.1) is 6.58 Å². The third kappa shape index (κ3) is 8.28. The Bertz CT molecular complexity index is 1070. The largest absolute Gasteiger partial charge is 0.381 e. The Morgan fingerprint density at radius 2 is 1.78 bits per heavy atom. The van der Waals surface area contributed by atoms with Crippen LogP contribution in [0.3, 0.4) is 0 Å². The summed E-state index contributed by atoms with van der Waals surface area (Å²) in [6.45, 7) is 13.7. The molecule has 1 unspecified atom stereocenters. The summed E-state index contributed by atoms with van der Waals surface area (Å²) in [5, 5.41) is 5.05. The number of carbonyl (C=O) groups excluding carboxylic acids is 2. The maximum atomic E-state index is 12.2. The van der Waals surface area contributed by atoms with Crippen LogP contribution in [0.25, 0.3) is 5.70 Å².